The molecular formula is C13H23N3O3S. The Bertz CT molecular complexity index is 540. The molecule has 0 bridgehead atoms. The maximum atomic E-state index is 11.5. The number of aryl methyl sites for hydroxylation is 2. The van der Waals surface area contributed by atoms with Crippen LogP contribution >= 0.6 is 0 Å². The molecule has 1 fully saturated rings. The number of rotatable bonds is 4. The summed E-state index contributed by atoms with van der Waals surface area (Å²) in [7, 11) is -1.43. The molecular weight excluding hydrogens is 278 g/mol. The summed E-state index contributed by atoms with van der Waals surface area (Å²) in [6.45, 7) is 6.29. The Morgan fingerprint density at radius 3 is 2.40 bits per heavy atom. The molecule has 0 N–H and O–H groups in total. The topological polar surface area (TPSA) is 66.7 Å². The van der Waals surface area contributed by atoms with Crippen LogP contribution in [0.1, 0.15) is 30.2 Å². The zero-order valence-corrected chi connectivity index (χ0v) is 13.4. The van der Waals surface area contributed by atoms with Crippen LogP contribution in [0.4, 0.5) is 0 Å². The first kappa shape index (κ1) is 15.5. The van der Waals surface area contributed by atoms with Gasteiger partial charge in [0, 0.05) is 26.2 Å². The second-order valence-corrected chi connectivity index (χ2v) is 7.58. The Hall–Kier alpha value is -0.920. The zero-order valence-electron chi connectivity index (χ0n) is 12.6. The highest BCUT2D eigenvalue weighted by atomic mass is 32.2. The summed E-state index contributed by atoms with van der Waals surface area (Å²) in [6, 6.07) is 0.106. The Morgan fingerprint density at radius 2 is 1.95 bits per heavy atom. The second-order valence-electron chi connectivity index (χ2n) is 5.54. The number of hydrogen-bond donors (Lipinski definition) is 0. The average Bonchev–Trinajstić information content (AvgIpc) is 2.67. The van der Waals surface area contributed by atoms with Gasteiger partial charge in [-0.3, -0.25) is 4.90 Å². The van der Waals surface area contributed by atoms with Gasteiger partial charge in [0.25, 0.3) is 0 Å². The Balaban J connectivity index is 1.88. The van der Waals surface area contributed by atoms with E-state index in [-0.39, 0.29) is 6.04 Å². The van der Waals surface area contributed by atoms with Gasteiger partial charge in [-0.25, -0.2) is 17.7 Å². The lowest BCUT2D eigenvalue weighted by molar-refractivity contribution is 0.152. The molecule has 0 saturated carbocycles. The Labute approximate surface area is 120 Å². The van der Waals surface area contributed by atoms with Crippen LogP contribution in [-0.2, 0) is 16.6 Å². The van der Waals surface area contributed by atoms with E-state index in [0.717, 1.165) is 43.3 Å². The summed E-state index contributed by atoms with van der Waals surface area (Å²) in [6.07, 6.45) is 2.96. The van der Waals surface area contributed by atoms with Gasteiger partial charge in [0.05, 0.1) is 18.5 Å². The van der Waals surface area contributed by atoms with Crippen LogP contribution in [-0.4, -0.2) is 55.0 Å². The molecule has 0 aromatic carbocycles. The van der Waals surface area contributed by atoms with E-state index in [1.807, 2.05) is 13.8 Å². The fourth-order valence-corrected chi connectivity index (χ4v) is 3.26. The summed E-state index contributed by atoms with van der Waals surface area (Å²) in [5.41, 5.74) is 0.937. The predicted molar refractivity (Wildman–Crippen MR) is 76.9 cm³/mol. The van der Waals surface area contributed by atoms with Crippen LogP contribution in [0.2, 0.25) is 0 Å². The Morgan fingerprint density at radius 1 is 1.35 bits per heavy atom. The molecule has 0 atom stereocenters. The minimum Gasteiger partial charge on any atom is -0.444 e. The van der Waals surface area contributed by atoms with Crippen LogP contribution in [0.15, 0.2) is 4.42 Å². The average molecular weight is 301 g/mol. The molecule has 2 rings (SSSR count). The molecule has 0 spiro atoms. The molecule has 1 saturated heterocycles. The second kappa shape index (κ2) is 5.83. The van der Waals surface area contributed by atoms with E-state index in [1.165, 1.54) is 10.6 Å². The molecule has 1 aromatic rings. The molecule has 1 aliphatic heterocycles. The standard InChI is InChI=1S/C13H23N3O3S/c1-10-11(2)19-13(14-10)9-16-7-5-12(6-8-16)15(3)20(4,17)18/h12H,5-9H2,1-4H3. The van der Waals surface area contributed by atoms with Crippen molar-refractivity contribution in [1.82, 2.24) is 14.2 Å². The number of sulfonamides is 1. The van der Waals surface area contributed by atoms with Crippen molar-refractivity contribution in [1.29, 1.82) is 0 Å². The van der Waals surface area contributed by atoms with Crippen LogP contribution < -0.4 is 0 Å². The van der Waals surface area contributed by atoms with Gasteiger partial charge in [0.2, 0.25) is 15.9 Å². The van der Waals surface area contributed by atoms with E-state index >= 15 is 0 Å². The molecule has 0 unspecified atom stereocenters. The smallest absolute Gasteiger partial charge is 0.211 e. The highest BCUT2D eigenvalue weighted by molar-refractivity contribution is 7.88. The van der Waals surface area contributed by atoms with Gasteiger partial charge in [-0.15, -0.1) is 0 Å². The molecule has 1 aromatic heterocycles. The van der Waals surface area contributed by atoms with E-state index in [9.17, 15) is 8.42 Å². The van der Waals surface area contributed by atoms with Crippen LogP contribution in [0.3, 0.4) is 0 Å². The molecule has 0 amide bonds. The van der Waals surface area contributed by atoms with Crippen molar-refractivity contribution in [2.45, 2.75) is 39.3 Å². The first-order valence-corrected chi connectivity index (χ1v) is 8.70. The molecule has 2 heterocycles. The first-order chi connectivity index (χ1) is 9.27. The highest BCUT2D eigenvalue weighted by Crippen LogP contribution is 2.19. The summed E-state index contributed by atoms with van der Waals surface area (Å²) >= 11 is 0. The number of piperidine rings is 1. The van der Waals surface area contributed by atoms with Crippen LogP contribution in [0.25, 0.3) is 0 Å². The fraction of sp³-hybridized carbons (Fsp3) is 0.769. The van der Waals surface area contributed by atoms with Crippen molar-refractivity contribution >= 4 is 10.0 Å². The lowest BCUT2D eigenvalue weighted by atomic mass is 10.1. The highest BCUT2D eigenvalue weighted by Gasteiger charge is 2.27. The number of likely N-dealkylation sites (tertiary alicyclic amines) is 1. The van der Waals surface area contributed by atoms with Crippen molar-refractivity contribution in [3.63, 3.8) is 0 Å². The molecule has 0 radical (unpaired) electrons. The third-order valence-electron chi connectivity index (χ3n) is 4.03. The predicted octanol–water partition coefficient (Wildman–Crippen LogP) is 1.15. The summed E-state index contributed by atoms with van der Waals surface area (Å²) < 4.78 is 30.1. The van der Waals surface area contributed by atoms with Crippen molar-refractivity contribution in [3.8, 4) is 0 Å². The van der Waals surface area contributed by atoms with Crippen molar-refractivity contribution in [2.75, 3.05) is 26.4 Å². The third-order valence-corrected chi connectivity index (χ3v) is 5.37. The monoisotopic (exact) mass is 301 g/mol. The molecule has 0 aliphatic carbocycles. The maximum absolute atomic E-state index is 11.5. The van der Waals surface area contributed by atoms with E-state index in [1.54, 1.807) is 7.05 Å². The number of aromatic nitrogens is 1. The van der Waals surface area contributed by atoms with Gasteiger partial charge >= 0.3 is 0 Å². The van der Waals surface area contributed by atoms with Crippen LogP contribution in [0.5, 0.6) is 0 Å². The summed E-state index contributed by atoms with van der Waals surface area (Å²) in [4.78, 5) is 6.64. The SMILES string of the molecule is Cc1nc(CN2CCC(N(C)S(C)(=O)=O)CC2)oc1C. The van der Waals surface area contributed by atoms with Gasteiger partial charge in [-0.2, -0.15) is 0 Å². The minimum atomic E-state index is -3.10. The zero-order chi connectivity index (χ0) is 14.9. The van der Waals surface area contributed by atoms with E-state index in [0.29, 0.717) is 6.54 Å². The van der Waals surface area contributed by atoms with Gasteiger partial charge in [-0.1, -0.05) is 0 Å². The van der Waals surface area contributed by atoms with Crippen LogP contribution in [0, 0.1) is 13.8 Å². The lowest BCUT2D eigenvalue weighted by Gasteiger charge is -2.35. The van der Waals surface area contributed by atoms with E-state index in [4.69, 9.17) is 4.42 Å². The molecule has 20 heavy (non-hydrogen) atoms. The third kappa shape index (κ3) is 3.59. The van der Waals surface area contributed by atoms with Gasteiger partial charge in [0.15, 0.2) is 0 Å². The summed E-state index contributed by atoms with van der Waals surface area (Å²) in [5.74, 6) is 1.61. The van der Waals surface area contributed by atoms with Gasteiger partial charge in [-0.05, 0) is 26.7 Å². The van der Waals surface area contributed by atoms with Crippen molar-refractivity contribution in [3.05, 3.63) is 17.3 Å². The quantitative estimate of drug-likeness (QED) is 0.834. The first-order valence-electron chi connectivity index (χ1n) is 6.85. The summed E-state index contributed by atoms with van der Waals surface area (Å²) in [5, 5.41) is 0. The van der Waals surface area contributed by atoms with Crippen molar-refractivity contribution < 1.29 is 12.8 Å². The minimum absolute atomic E-state index is 0.106. The molecule has 1 aliphatic rings. The number of hydrogen-bond acceptors (Lipinski definition) is 5. The van der Waals surface area contributed by atoms with E-state index in [2.05, 4.69) is 9.88 Å². The molecule has 114 valence electrons. The maximum Gasteiger partial charge on any atom is 0.211 e. The largest absolute Gasteiger partial charge is 0.444 e. The Kier molecular flexibility index (Phi) is 4.51. The van der Waals surface area contributed by atoms with Gasteiger partial charge in [0.1, 0.15) is 5.76 Å². The van der Waals surface area contributed by atoms with E-state index < -0.39 is 10.0 Å². The van der Waals surface area contributed by atoms with Crippen molar-refractivity contribution in [2.24, 2.45) is 0 Å². The number of oxazole rings is 1. The number of nitrogens with zero attached hydrogens (tertiary/aromatic N) is 3. The lowest BCUT2D eigenvalue weighted by Crippen LogP contribution is -2.44. The normalized spacial score (nSPS) is 18.9. The molecule has 6 nitrogen and oxygen atoms in total. The molecule has 7 heteroatoms. The van der Waals surface area contributed by atoms with Gasteiger partial charge < -0.3 is 4.42 Å². The fourth-order valence-electron chi connectivity index (χ4n) is 2.51.